The monoisotopic (exact) mass is 454 g/mol. The summed E-state index contributed by atoms with van der Waals surface area (Å²) in [4.78, 5) is 23.3. The second-order valence-corrected chi connectivity index (χ2v) is 8.18. The quantitative estimate of drug-likeness (QED) is 0.200. The molecular weight excluding hydrogens is 432 g/mol. The Morgan fingerprint density at radius 2 is 1.82 bits per heavy atom. The average Bonchev–Trinajstić information content (AvgIpc) is 3.21. The van der Waals surface area contributed by atoms with Crippen LogP contribution >= 0.6 is 0 Å². The van der Waals surface area contributed by atoms with Crippen LogP contribution in [0, 0.1) is 10.1 Å². The zero-order chi connectivity index (χ0) is 23.5. The molecule has 1 aliphatic rings. The van der Waals surface area contributed by atoms with Crippen molar-refractivity contribution in [3.63, 3.8) is 0 Å². The second-order valence-electron chi connectivity index (χ2n) is 8.18. The number of fused-ring (bicyclic) bond motifs is 3. The van der Waals surface area contributed by atoms with Gasteiger partial charge in [0.05, 0.1) is 16.7 Å². The van der Waals surface area contributed by atoms with E-state index < -0.39 is 10.8 Å². The molecule has 0 aliphatic heterocycles. The number of amides is 1. The van der Waals surface area contributed by atoms with Gasteiger partial charge >= 0.3 is 0 Å². The summed E-state index contributed by atoms with van der Waals surface area (Å²) in [7, 11) is 0. The van der Waals surface area contributed by atoms with Crippen molar-refractivity contribution in [2.75, 3.05) is 5.32 Å². The summed E-state index contributed by atoms with van der Waals surface area (Å²) < 4.78 is 11.9. The van der Waals surface area contributed by atoms with E-state index in [2.05, 4.69) is 5.32 Å². The number of aryl methyl sites for hydroxylation is 2. The van der Waals surface area contributed by atoms with Crippen molar-refractivity contribution in [3.8, 4) is 11.5 Å². The van der Waals surface area contributed by atoms with Gasteiger partial charge in [0, 0.05) is 35.6 Å². The third-order valence-electron chi connectivity index (χ3n) is 5.76. The van der Waals surface area contributed by atoms with Gasteiger partial charge in [-0.25, -0.2) is 0 Å². The first kappa shape index (κ1) is 21.5. The Bertz CT molecular complexity index is 1410. The average molecular weight is 454 g/mol. The number of nitro groups is 1. The molecule has 0 bridgehead atoms. The lowest BCUT2D eigenvalue weighted by atomic mass is 9.96. The summed E-state index contributed by atoms with van der Waals surface area (Å²) in [5.41, 5.74) is 2.99. The number of furan rings is 1. The Morgan fingerprint density at radius 3 is 2.65 bits per heavy atom. The number of nitro benzene ring substituents is 1. The molecule has 1 amide bonds. The number of non-ortho nitro benzene ring substituents is 1. The Morgan fingerprint density at radius 1 is 1.00 bits per heavy atom. The number of hydrogen-bond donors (Lipinski definition) is 1. The van der Waals surface area contributed by atoms with Gasteiger partial charge in [-0.2, -0.15) is 0 Å². The van der Waals surface area contributed by atoms with Gasteiger partial charge in [0.15, 0.2) is 0 Å². The van der Waals surface area contributed by atoms with Crippen LogP contribution in [-0.4, -0.2) is 10.8 Å². The number of hydrogen-bond acceptors (Lipinski definition) is 5. The lowest BCUT2D eigenvalue weighted by Gasteiger charge is -2.10. The van der Waals surface area contributed by atoms with Crippen LogP contribution in [0.25, 0.3) is 17.0 Å². The summed E-state index contributed by atoms with van der Waals surface area (Å²) in [5.74, 6) is 1.43. The molecule has 7 heteroatoms. The molecule has 5 rings (SSSR count). The molecule has 4 aromatic rings. The second kappa shape index (κ2) is 9.23. The maximum atomic E-state index is 12.4. The van der Waals surface area contributed by atoms with E-state index in [0.29, 0.717) is 5.75 Å². The summed E-state index contributed by atoms with van der Waals surface area (Å²) in [6, 6.07) is 19.1. The normalized spacial score (nSPS) is 13.1. The predicted octanol–water partition coefficient (Wildman–Crippen LogP) is 6.66. The van der Waals surface area contributed by atoms with Crippen LogP contribution in [0.2, 0.25) is 0 Å². The number of rotatable bonds is 6. The Balaban J connectivity index is 1.39. The van der Waals surface area contributed by atoms with Crippen molar-refractivity contribution in [1.82, 2.24) is 0 Å². The molecule has 34 heavy (non-hydrogen) atoms. The van der Waals surface area contributed by atoms with Crippen molar-refractivity contribution in [2.45, 2.75) is 25.7 Å². The molecule has 0 saturated carbocycles. The molecule has 0 unspecified atom stereocenters. The van der Waals surface area contributed by atoms with Crippen LogP contribution in [0.3, 0.4) is 0 Å². The minimum Gasteiger partial charge on any atom is -0.461 e. The maximum absolute atomic E-state index is 12.4. The van der Waals surface area contributed by atoms with Crippen LogP contribution in [0.1, 0.15) is 29.7 Å². The van der Waals surface area contributed by atoms with Gasteiger partial charge in [-0.3, -0.25) is 14.9 Å². The minimum absolute atomic E-state index is 0.179. The number of carbonyl (C=O) groups is 1. The van der Waals surface area contributed by atoms with Gasteiger partial charge < -0.3 is 14.5 Å². The van der Waals surface area contributed by atoms with E-state index in [-0.39, 0.29) is 17.1 Å². The summed E-state index contributed by atoms with van der Waals surface area (Å²) in [5, 5.41) is 15.2. The predicted molar refractivity (Wildman–Crippen MR) is 130 cm³/mol. The third kappa shape index (κ3) is 4.68. The first-order valence-corrected chi connectivity index (χ1v) is 11.1. The Hall–Kier alpha value is -4.39. The van der Waals surface area contributed by atoms with Crippen molar-refractivity contribution >= 4 is 34.3 Å². The first-order valence-electron chi connectivity index (χ1n) is 11.1. The van der Waals surface area contributed by atoms with Gasteiger partial charge in [-0.15, -0.1) is 0 Å². The topological polar surface area (TPSA) is 94.6 Å². The Labute approximate surface area is 195 Å². The molecule has 0 fully saturated rings. The molecule has 1 aromatic heterocycles. The summed E-state index contributed by atoms with van der Waals surface area (Å²) in [6.07, 6.45) is 7.20. The number of anilines is 1. The van der Waals surface area contributed by atoms with Gasteiger partial charge in [0.2, 0.25) is 5.91 Å². The number of ether oxygens (including phenoxy) is 1. The third-order valence-corrected chi connectivity index (χ3v) is 5.76. The molecule has 0 radical (unpaired) electrons. The van der Waals surface area contributed by atoms with Crippen LogP contribution in [0.15, 0.2) is 77.2 Å². The maximum Gasteiger partial charge on any atom is 0.275 e. The van der Waals surface area contributed by atoms with Crippen LogP contribution in [0.4, 0.5) is 11.4 Å². The van der Waals surface area contributed by atoms with Gasteiger partial charge in [-0.05, 0) is 49.1 Å². The molecule has 0 saturated heterocycles. The van der Waals surface area contributed by atoms with Gasteiger partial charge in [0.25, 0.3) is 5.69 Å². The SMILES string of the molecule is O=C(/C=C/c1ccccc1)Nc1cc(Oc2ccc3oc4c(c3c2)CCCC4)cc([N+](=O)[O-])c1. The standard InChI is InChI=1S/C27H22N2O5/c30-27(13-10-18-6-2-1-3-7-18)28-19-14-20(29(31)32)16-22(15-19)33-21-11-12-26-24(17-21)23-8-4-5-9-25(23)34-26/h1-3,6-7,10-17H,4-5,8-9H2,(H,28,30)/b13-10+. The highest BCUT2D eigenvalue weighted by atomic mass is 16.6. The summed E-state index contributed by atoms with van der Waals surface area (Å²) in [6.45, 7) is 0. The van der Waals surface area contributed by atoms with Crippen LogP contribution in [0.5, 0.6) is 11.5 Å². The molecule has 0 atom stereocenters. The smallest absolute Gasteiger partial charge is 0.275 e. The zero-order valence-electron chi connectivity index (χ0n) is 18.3. The lowest BCUT2D eigenvalue weighted by Crippen LogP contribution is -2.08. The van der Waals surface area contributed by atoms with Crippen molar-refractivity contribution in [3.05, 3.63) is 99.8 Å². The van der Waals surface area contributed by atoms with Crippen molar-refractivity contribution < 1.29 is 18.9 Å². The van der Waals surface area contributed by atoms with E-state index in [4.69, 9.17) is 9.15 Å². The van der Waals surface area contributed by atoms with Crippen molar-refractivity contribution in [1.29, 1.82) is 0 Å². The van der Waals surface area contributed by atoms with Gasteiger partial charge in [-0.1, -0.05) is 30.3 Å². The van der Waals surface area contributed by atoms with E-state index in [1.54, 1.807) is 18.2 Å². The minimum atomic E-state index is -0.516. The number of nitrogens with zero attached hydrogens (tertiary/aromatic N) is 1. The molecule has 1 heterocycles. The highest BCUT2D eigenvalue weighted by molar-refractivity contribution is 6.02. The van der Waals surface area contributed by atoms with E-state index in [9.17, 15) is 14.9 Å². The Kier molecular flexibility index (Phi) is 5.82. The number of carbonyl (C=O) groups excluding carboxylic acids is 1. The van der Waals surface area contributed by atoms with Crippen LogP contribution < -0.4 is 10.1 Å². The fraction of sp³-hybridized carbons (Fsp3) is 0.148. The zero-order valence-corrected chi connectivity index (χ0v) is 18.3. The summed E-state index contributed by atoms with van der Waals surface area (Å²) >= 11 is 0. The highest BCUT2D eigenvalue weighted by Crippen LogP contribution is 2.36. The van der Waals surface area contributed by atoms with E-state index >= 15 is 0 Å². The first-order chi connectivity index (χ1) is 16.5. The highest BCUT2D eigenvalue weighted by Gasteiger charge is 2.19. The number of nitrogens with one attached hydrogen (secondary N) is 1. The molecule has 170 valence electrons. The fourth-order valence-electron chi connectivity index (χ4n) is 4.18. The van der Waals surface area contributed by atoms with E-state index in [1.807, 2.05) is 42.5 Å². The molecular formula is C27H22N2O5. The lowest BCUT2D eigenvalue weighted by molar-refractivity contribution is -0.384. The van der Waals surface area contributed by atoms with Gasteiger partial charge in [0.1, 0.15) is 22.8 Å². The van der Waals surface area contributed by atoms with E-state index in [1.165, 1.54) is 23.8 Å². The molecule has 7 nitrogen and oxygen atoms in total. The molecule has 0 spiro atoms. The molecule has 1 aliphatic carbocycles. The van der Waals surface area contributed by atoms with E-state index in [0.717, 1.165) is 48.0 Å². The molecule has 1 N–H and O–H groups in total. The van der Waals surface area contributed by atoms with Crippen molar-refractivity contribution in [2.24, 2.45) is 0 Å². The van der Waals surface area contributed by atoms with Crippen LogP contribution in [-0.2, 0) is 17.6 Å². The molecule has 3 aromatic carbocycles. The number of benzene rings is 3. The largest absolute Gasteiger partial charge is 0.461 e. The fourth-order valence-corrected chi connectivity index (χ4v) is 4.18.